The number of hydrogen-bond donors (Lipinski definition) is 2. The number of nitrogens with one attached hydrogen (secondary N) is 2. The van der Waals surface area contributed by atoms with Gasteiger partial charge in [-0.25, -0.2) is 13.1 Å². The quantitative estimate of drug-likeness (QED) is 0.698. The Bertz CT molecular complexity index is 293. The number of sulfonamides is 1. The van der Waals surface area contributed by atoms with Gasteiger partial charge in [0, 0.05) is 17.8 Å². The minimum Gasteiger partial charge on any atom is -0.313 e. The highest BCUT2D eigenvalue weighted by Gasteiger charge is 2.20. The number of rotatable bonds is 6. The molecule has 0 aliphatic carbocycles. The van der Waals surface area contributed by atoms with Gasteiger partial charge in [-0.2, -0.15) is 11.8 Å². The van der Waals surface area contributed by atoms with Crippen LogP contribution in [-0.2, 0) is 10.0 Å². The molecular formula is C10H22N2O2S2. The van der Waals surface area contributed by atoms with Crippen LogP contribution < -0.4 is 10.0 Å². The maximum absolute atomic E-state index is 10.8. The molecule has 16 heavy (non-hydrogen) atoms. The highest BCUT2D eigenvalue weighted by atomic mass is 32.2. The van der Waals surface area contributed by atoms with Crippen molar-refractivity contribution in [2.75, 3.05) is 25.1 Å². The topological polar surface area (TPSA) is 58.2 Å². The predicted molar refractivity (Wildman–Crippen MR) is 70.4 cm³/mol. The monoisotopic (exact) mass is 266 g/mol. The molecule has 2 atom stereocenters. The van der Waals surface area contributed by atoms with Gasteiger partial charge >= 0.3 is 0 Å². The Balaban J connectivity index is 2.06. The Labute approximate surface area is 103 Å². The van der Waals surface area contributed by atoms with Gasteiger partial charge in [0.25, 0.3) is 0 Å². The summed E-state index contributed by atoms with van der Waals surface area (Å²) in [7, 11) is -3.02. The third-order valence-corrected chi connectivity index (χ3v) is 4.84. The summed E-state index contributed by atoms with van der Waals surface area (Å²) in [6.07, 6.45) is 4.57. The molecule has 0 bridgehead atoms. The van der Waals surface area contributed by atoms with Crippen molar-refractivity contribution in [1.82, 2.24) is 10.0 Å². The first-order chi connectivity index (χ1) is 7.49. The lowest BCUT2D eigenvalue weighted by molar-refractivity contribution is 0.458. The summed E-state index contributed by atoms with van der Waals surface area (Å²) in [6.45, 7) is 3.68. The lowest BCUT2D eigenvalue weighted by Crippen LogP contribution is -2.40. The zero-order valence-electron chi connectivity index (χ0n) is 10.0. The minimum absolute atomic E-state index is 0.528. The molecule has 1 rings (SSSR count). The first-order valence-corrected chi connectivity index (χ1v) is 8.72. The Kier molecular flexibility index (Phi) is 6.10. The van der Waals surface area contributed by atoms with Crippen molar-refractivity contribution in [2.24, 2.45) is 0 Å². The zero-order chi connectivity index (χ0) is 12.0. The summed E-state index contributed by atoms with van der Waals surface area (Å²) < 4.78 is 24.1. The lowest BCUT2D eigenvalue weighted by Gasteiger charge is -2.29. The molecule has 1 fully saturated rings. The fourth-order valence-corrected chi connectivity index (χ4v) is 3.51. The summed E-state index contributed by atoms with van der Waals surface area (Å²) in [5, 5.41) is 4.18. The lowest BCUT2D eigenvalue weighted by atomic mass is 10.1. The van der Waals surface area contributed by atoms with Crippen molar-refractivity contribution in [1.29, 1.82) is 0 Å². The molecule has 0 saturated carbocycles. The van der Waals surface area contributed by atoms with Crippen molar-refractivity contribution < 1.29 is 8.42 Å². The molecule has 2 N–H and O–H groups in total. The first-order valence-electron chi connectivity index (χ1n) is 5.78. The van der Waals surface area contributed by atoms with Crippen LogP contribution in [0.1, 0.15) is 26.2 Å². The molecule has 0 aromatic heterocycles. The summed E-state index contributed by atoms with van der Waals surface area (Å²) in [6, 6.07) is 0.594. The van der Waals surface area contributed by atoms with E-state index in [2.05, 4.69) is 17.0 Å². The van der Waals surface area contributed by atoms with Gasteiger partial charge in [-0.15, -0.1) is 0 Å². The fourth-order valence-electron chi connectivity index (χ4n) is 1.82. The van der Waals surface area contributed by atoms with Crippen LogP contribution in [-0.4, -0.2) is 44.8 Å². The number of thioether (sulfide) groups is 1. The van der Waals surface area contributed by atoms with E-state index in [-0.39, 0.29) is 0 Å². The van der Waals surface area contributed by atoms with Gasteiger partial charge < -0.3 is 5.32 Å². The van der Waals surface area contributed by atoms with Crippen molar-refractivity contribution in [3.05, 3.63) is 0 Å². The molecule has 2 unspecified atom stereocenters. The molecule has 4 nitrogen and oxygen atoms in total. The summed E-state index contributed by atoms with van der Waals surface area (Å²) in [4.78, 5) is 0. The molecule has 1 saturated heterocycles. The molecule has 1 aliphatic rings. The molecule has 0 radical (unpaired) electrons. The predicted octanol–water partition coefficient (Wildman–Crippen LogP) is 0.799. The van der Waals surface area contributed by atoms with Crippen molar-refractivity contribution >= 4 is 21.8 Å². The Morgan fingerprint density at radius 1 is 1.38 bits per heavy atom. The van der Waals surface area contributed by atoms with E-state index in [0.29, 0.717) is 17.8 Å². The Hall–Kier alpha value is 0.220. The number of hydrogen-bond acceptors (Lipinski definition) is 4. The molecule has 0 amide bonds. The molecular weight excluding hydrogens is 244 g/mol. The molecule has 1 heterocycles. The van der Waals surface area contributed by atoms with E-state index in [1.165, 1.54) is 24.9 Å². The molecule has 6 heteroatoms. The van der Waals surface area contributed by atoms with Crippen LogP contribution in [0.25, 0.3) is 0 Å². The standard InChI is InChI=1S/C10H22N2O2S2/c1-9-10(5-3-8-15-9)11-6-4-7-12-16(2,13)14/h9-12H,3-8H2,1-2H3. The van der Waals surface area contributed by atoms with Crippen molar-refractivity contribution in [2.45, 2.75) is 37.5 Å². The van der Waals surface area contributed by atoms with Crippen LogP contribution in [0.5, 0.6) is 0 Å². The van der Waals surface area contributed by atoms with Gasteiger partial charge in [-0.1, -0.05) is 6.92 Å². The van der Waals surface area contributed by atoms with Crippen LogP contribution in [0, 0.1) is 0 Å². The van der Waals surface area contributed by atoms with Crippen LogP contribution >= 0.6 is 11.8 Å². The zero-order valence-corrected chi connectivity index (χ0v) is 11.7. The fraction of sp³-hybridized carbons (Fsp3) is 1.00. The summed E-state index contributed by atoms with van der Waals surface area (Å²) in [5.74, 6) is 1.27. The van der Waals surface area contributed by atoms with E-state index in [1.807, 2.05) is 11.8 Å². The normalized spacial score (nSPS) is 26.9. The van der Waals surface area contributed by atoms with Crippen LogP contribution in [0.3, 0.4) is 0 Å². The molecule has 1 aliphatic heterocycles. The van der Waals surface area contributed by atoms with Crippen LogP contribution in [0.2, 0.25) is 0 Å². The van der Waals surface area contributed by atoms with E-state index >= 15 is 0 Å². The van der Waals surface area contributed by atoms with Gasteiger partial charge in [0.2, 0.25) is 10.0 Å². The van der Waals surface area contributed by atoms with Gasteiger partial charge in [-0.05, 0) is 31.6 Å². The smallest absolute Gasteiger partial charge is 0.208 e. The molecule has 96 valence electrons. The third kappa shape index (κ3) is 6.08. The van der Waals surface area contributed by atoms with Gasteiger partial charge in [0.1, 0.15) is 0 Å². The largest absolute Gasteiger partial charge is 0.313 e. The average Bonchev–Trinajstić information content (AvgIpc) is 2.18. The first kappa shape index (κ1) is 14.3. The van der Waals surface area contributed by atoms with E-state index in [0.717, 1.165) is 13.0 Å². The third-order valence-electron chi connectivity index (χ3n) is 2.73. The summed E-state index contributed by atoms with van der Waals surface area (Å²) in [5.41, 5.74) is 0. The van der Waals surface area contributed by atoms with Gasteiger partial charge in [-0.3, -0.25) is 0 Å². The van der Waals surface area contributed by atoms with Crippen LogP contribution in [0.15, 0.2) is 0 Å². The second-order valence-corrected chi connectivity index (χ2v) is 7.62. The highest BCUT2D eigenvalue weighted by molar-refractivity contribution is 7.99. The maximum atomic E-state index is 10.8. The van der Waals surface area contributed by atoms with E-state index < -0.39 is 10.0 Å². The van der Waals surface area contributed by atoms with Gasteiger partial charge in [0.05, 0.1) is 6.26 Å². The van der Waals surface area contributed by atoms with Crippen LogP contribution in [0.4, 0.5) is 0 Å². The van der Waals surface area contributed by atoms with E-state index in [1.54, 1.807) is 0 Å². The summed E-state index contributed by atoms with van der Waals surface area (Å²) >= 11 is 2.02. The Morgan fingerprint density at radius 3 is 2.75 bits per heavy atom. The highest BCUT2D eigenvalue weighted by Crippen LogP contribution is 2.24. The van der Waals surface area contributed by atoms with Crippen molar-refractivity contribution in [3.8, 4) is 0 Å². The SMILES string of the molecule is CC1SCCCC1NCCCNS(C)(=O)=O. The maximum Gasteiger partial charge on any atom is 0.208 e. The second-order valence-electron chi connectivity index (χ2n) is 4.30. The minimum atomic E-state index is -3.02. The van der Waals surface area contributed by atoms with E-state index in [4.69, 9.17) is 0 Å². The molecule has 0 spiro atoms. The molecule has 0 aromatic rings. The van der Waals surface area contributed by atoms with Gasteiger partial charge in [0.15, 0.2) is 0 Å². The average molecular weight is 266 g/mol. The Morgan fingerprint density at radius 2 is 2.12 bits per heavy atom. The second kappa shape index (κ2) is 6.83. The van der Waals surface area contributed by atoms with Crippen molar-refractivity contribution in [3.63, 3.8) is 0 Å². The van der Waals surface area contributed by atoms with E-state index in [9.17, 15) is 8.42 Å². The molecule has 0 aromatic carbocycles.